The smallest absolute Gasteiger partial charge is 0.0465 e. The highest BCUT2D eigenvalue weighted by atomic mass is 15.1. The summed E-state index contributed by atoms with van der Waals surface area (Å²) >= 11 is 0. The maximum Gasteiger partial charge on any atom is 0.0465 e. The Labute approximate surface area is 80.5 Å². The second kappa shape index (κ2) is 10.7. The van der Waals surface area contributed by atoms with Gasteiger partial charge in [-0.2, -0.15) is 5.10 Å². The average Bonchev–Trinajstić information content (AvgIpc) is 2.16. The predicted octanol–water partition coefficient (Wildman–Crippen LogP) is 2.79. The van der Waals surface area contributed by atoms with Crippen molar-refractivity contribution in [3.8, 4) is 0 Å². The first-order chi connectivity index (χ1) is 6.41. The van der Waals surface area contributed by atoms with Crippen LogP contribution in [0, 0.1) is 0 Å². The summed E-state index contributed by atoms with van der Waals surface area (Å²) in [5.41, 5.74) is 0. The lowest BCUT2D eigenvalue weighted by Gasteiger charge is -1.84. The van der Waals surface area contributed by atoms with E-state index < -0.39 is 0 Å². The molecule has 0 aliphatic carbocycles. The van der Waals surface area contributed by atoms with E-state index in [0.29, 0.717) is 0 Å². The van der Waals surface area contributed by atoms with Gasteiger partial charge in [0.05, 0.1) is 0 Å². The normalized spacial score (nSPS) is 13.0. The van der Waals surface area contributed by atoms with Gasteiger partial charge in [-0.3, -0.25) is 0 Å². The summed E-state index contributed by atoms with van der Waals surface area (Å²) in [6.07, 6.45) is 17.1. The van der Waals surface area contributed by atoms with Gasteiger partial charge in [0.25, 0.3) is 0 Å². The van der Waals surface area contributed by atoms with Crippen LogP contribution in [0.3, 0.4) is 0 Å². The van der Waals surface area contributed by atoms with E-state index in [2.05, 4.69) is 24.2 Å². The van der Waals surface area contributed by atoms with Crippen molar-refractivity contribution in [2.45, 2.75) is 26.2 Å². The first-order valence-electron chi connectivity index (χ1n) is 4.63. The highest BCUT2D eigenvalue weighted by molar-refractivity contribution is 5.71. The quantitative estimate of drug-likeness (QED) is 0.219. The number of nitrogens with two attached hydrogens (primary N) is 1. The zero-order valence-corrected chi connectivity index (χ0v) is 8.19. The highest BCUT2D eigenvalue weighted by Crippen LogP contribution is 1.94. The van der Waals surface area contributed by atoms with Gasteiger partial charge in [-0.15, -0.1) is 0 Å². The highest BCUT2D eigenvalue weighted by Gasteiger charge is 1.74. The number of rotatable bonds is 6. The number of unbranched alkanes of at least 4 members (excludes halogenated alkanes) is 2. The third-order valence-electron chi connectivity index (χ3n) is 1.48. The Morgan fingerprint density at radius 3 is 2.46 bits per heavy atom. The molecule has 72 valence electrons. The Morgan fingerprint density at radius 2 is 1.77 bits per heavy atom. The molecular weight excluding hydrogens is 160 g/mol. The molecule has 0 atom stereocenters. The predicted molar refractivity (Wildman–Crippen MR) is 59.6 cm³/mol. The van der Waals surface area contributed by atoms with Gasteiger partial charge in [-0.25, -0.2) is 0 Å². The Kier molecular flexibility index (Phi) is 9.61. The number of hydrazone groups is 1. The van der Waals surface area contributed by atoms with E-state index in [-0.39, 0.29) is 0 Å². The minimum atomic E-state index is 1.16. The van der Waals surface area contributed by atoms with E-state index in [1.165, 1.54) is 12.8 Å². The Bertz CT molecular complexity index is 200. The van der Waals surface area contributed by atoms with Gasteiger partial charge < -0.3 is 5.84 Å². The largest absolute Gasteiger partial charge is 0.323 e. The van der Waals surface area contributed by atoms with Crippen LogP contribution in [-0.2, 0) is 0 Å². The van der Waals surface area contributed by atoms with E-state index in [1.54, 1.807) is 12.3 Å². The molecule has 0 aliphatic rings. The lowest BCUT2D eigenvalue weighted by Crippen LogP contribution is -1.76. The number of hydrogen-bond donors (Lipinski definition) is 1. The molecule has 0 saturated carbocycles. The van der Waals surface area contributed by atoms with Crippen LogP contribution in [0.15, 0.2) is 41.6 Å². The zero-order valence-electron chi connectivity index (χ0n) is 8.19. The summed E-state index contributed by atoms with van der Waals surface area (Å²) in [5.74, 6) is 4.90. The lowest BCUT2D eigenvalue weighted by molar-refractivity contribution is 0.815. The van der Waals surface area contributed by atoms with E-state index in [9.17, 15) is 0 Å². The topological polar surface area (TPSA) is 38.4 Å². The van der Waals surface area contributed by atoms with Gasteiger partial charge in [0, 0.05) is 6.21 Å². The van der Waals surface area contributed by atoms with Crippen LogP contribution in [0.4, 0.5) is 0 Å². The van der Waals surface area contributed by atoms with Crippen molar-refractivity contribution in [2.24, 2.45) is 10.9 Å². The molecular formula is C11H18N2. The first-order valence-corrected chi connectivity index (χ1v) is 4.63. The fourth-order valence-corrected chi connectivity index (χ4v) is 0.789. The van der Waals surface area contributed by atoms with Crippen molar-refractivity contribution in [3.63, 3.8) is 0 Å². The minimum absolute atomic E-state index is 1.16. The van der Waals surface area contributed by atoms with Gasteiger partial charge in [0.1, 0.15) is 0 Å². The van der Waals surface area contributed by atoms with Crippen LogP contribution < -0.4 is 5.84 Å². The molecule has 0 radical (unpaired) electrons. The molecule has 0 bridgehead atoms. The second-order valence-electron chi connectivity index (χ2n) is 2.64. The fourth-order valence-electron chi connectivity index (χ4n) is 0.789. The molecule has 0 spiro atoms. The molecule has 2 nitrogen and oxygen atoms in total. The molecule has 0 saturated heterocycles. The molecule has 0 aromatic carbocycles. The molecule has 0 amide bonds. The van der Waals surface area contributed by atoms with E-state index in [1.807, 2.05) is 18.2 Å². The Morgan fingerprint density at radius 1 is 1.08 bits per heavy atom. The molecule has 2 N–H and O–H groups in total. The standard InChI is InChI=1S/C11H18N2/c1-2-3-4-5-6-7-8-9-10-11-13-12/h5-11H,2-4,12H2,1H3/b6-5+,8-7+,10-9+,13-11+. The summed E-state index contributed by atoms with van der Waals surface area (Å²) in [6, 6.07) is 0. The maximum atomic E-state index is 4.90. The van der Waals surface area contributed by atoms with Crippen molar-refractivity contribution < 1.29 is 0 Å². The van der Waals surface area contributed by atoms with E-state index >= 15 is 0 Å². The Balaban J connectivity index is 3.45. The van der Waals surface area contributed by atoms with Gasteiger partial charge in [-0.05, 0) is 12.5 Å². The molecule has 0 aliphatic heterocycles. The number of allylic oxidation sites excluding steroid dienone is 6. The van der Waals surface area contributed by atoms with Crippen LogP contribution in [0.5, 0.6) is 0 Å². The summed E-state index contributed by atoms with van der Waals surface area (Å²) < 4.78 is 0. The molecule has 0 fully saturated rings. The molecule has 0 aromatic heterocycles. The van der Waals surface area contributed by atoms with Gasteiger partial charge >= 0.3 is 0 Å². The van der Waals surface area contributed by atoms with Crippen LogP contribution in [0.25, 0.3) is 0 Å². The summed E-state index contributed by atoms with van der Waals surface area (Å²) in [4.78, 5) is 0. The fraction of sp³-hybridized carbons (Fsp3) is 0.364. The van der Waals surface area contributed by atoms with Gasteiger partial charge in [-0.1, -0.05) is 50.1 Å². The lowest BCUT2D eigenvalue weighted by atomic mass is 10.2. The molecule has 0 heterocycles. The molecule has 13 heavy (non-hydrogen) atoms. The average molecular weight is 178 g/mol. The first kappa shape index (κ1) is 11.7. The van der Waals surface area contributed by atoms with Crippen LogP contribution >= 0.6 is 0 Å². The molecule has 0 unspecified atom stereocenters. The van der Waals surface area contributed by atoms with Crippen molar-refractivity contribution >= 4 is 6.21 Å². The number of hydrogen-bond acceptors (Lipinski definition) is 2. The third-order valence-corrected chi connectivity index (χ3v) is 1.48. The van der Waals surface area contributed by atoms with Gasteiger partial charge in [0.15, 0.2) is 0 Å². The van der Waals surface area contributed by atoms with Crippen LogP contribution in [0.2, 0.25) is 0 Å². The maximum absolute atomic E-state index is 4.90. The van der Waals surface area contributed by atoms with Crippen molar-refractivity contribution in [3.05, 3.63) is 36.5 Å². The van der Waals surface area contributed by atoms with Crippen molar-refractivity contribution in [1.29, 1.82) is 0 Å². The zero-order chi connectivity index (χ0) is 9.78. The molecule has 2 heteroatoms. The summed E-state index contributed by atoms with van der Waals surface area (Å²) in [7, 11) is 0. The summed E-state index contributed by atoms with van der Waals surface area (Å²) in [5, 5.41) is 3.33. The van der Waals surface area contributed by atoms with Gasteiger partial charge in [0.2, 0.25) is 0 Å². The van der Waals surface area contributed by atoms with E-state index in [0.717, 1.165) is 6.42 Å². The Hall–Kier alpha value is -1.31. The summed E-state index contributed by atoms with van der Waals surface area (Å²) in [6.45, 7) is 2.19. The molecule has 0 aromatic rings. The SMILES string of the molecule is CCCC/C=C/C=C/C=C/C=N/N. The third kappa shape index (κ3) is 10.7. The van der Waals surface area contributed by atoms with Crippen LogP contribution in [0.1, 0.15) is 26.2 Å². The molecule has 0 rings (SSSR count). The van der Waals surface area contributed by atoms with E-state index in [4.69, 9.17) is 5.84 Å². The number of nitrogens with zero attached hydrogens (tertiary/aromatic N) is 1. The van der Waals surface area contributed by atoms with Crippen molar-refractivity contribution in [1.82, 2.24) is 0 Å². The minimum Gasteiger partial charge on any atom is -0.323 e. The second-order valence-corrected chi connectivity index (χ2v) is 2.64. The van der Waals surface area contributed by atoms with Crippen molar-refractivity contribution in [2.75, 3.05) is 0 Å². The van der Waals surface area contributed by atoms with Crippen LogP contribution in [-0.4, -0.2) is 6.21 Å². The monoisotopic (exact) mass is 178 g/mol.